The zero-order chi connectivity index (χ0) is 14.8. The molecule has 0 aromatic heterocycles. The summed E-state index contributed by atoms with van der Waals surface area (Å²) >= 11 is 0. The van der Waals surface area contributed by atoms with Gasteiger partial charge in [-0.25, -0.2) is 0 Å². The lowest BCUT2D eigenvalue weighted by Gasteiger charge is -2.32. The standard InChI is InChI=1S/C18H28N2O/c1-13(20-11-15-5-4-6-16(15)12-20)18(19-2)14-7-9-17(21-3)10-8-14/h7-10,13,15-16,18-19H,4-6,11-12H2,1-3H3. The number of fused-ring (bicyclic) bond motifs is 1. The van der Waals surface area contributed by atoms with Crippen molar-refractivity contribution in [2.75, 3.05) is 27.2 Å². The van der Waals surface area contributed by atoms with Crippen molar-refractivity contribution in [3.63, 3.8) is 0 Å². The van der Waals surface area contributed by atoms with Gasteiger partial charge in [-0.05, 0) is 56.3 Å². The summed E-state index contributed by atoms with van der Waals surface area (Å²) in [5.41, 5.74) is 1.35. The maximum atomic E-state index is 5.26. The molecule has 0 amide bonds. The van der Waals surface area contributed by atoms with Crippen LogP contribution < -0.4 is 10.1 Å². The average Bonchev–Trinajstić information content (AvgIpc) is 3.10. The van der Waals surface area contributed by atoms with Crippen LogP contribution in [-0.2, 0) is 0 Å². The number of likely N-dealkylation sites (tertiary alicyclic amines) is 1. The fraction of sp³-hybridized carbons (Fsp3) is 0.667. The van der Waals surface area contributed by atoms with Crippen LogP contribution in [0, 0.1) is 11.8 Å². The number of nitrogens with one attached hydrogen (secondary N) is 1. The molecular formula is C18H28N2O. The highest BCUT2D eigenvalue weighted by Gasteiger charge is 2.39. The second-order valence-electron chi connectivity index (χ2n) is 6.69. The highest BCUT2D eigenvalue weighted by atomic mass is 16.5. The van der Waals surface area contributed by atoms with Gasteiger partial charge in [-0.3, -0.25) is 4.90 Å². The predicted molar refractivity (Wildman–Crippen MR) is 86.7 cm³/mol. The molecule has 1 saturated carbocycles. The van der Waals surface area contributed by atoms with Gasteiger partial charge in [-0.1, -0.05) is 18.6 Å². The average molecular weight is 288 g/mol. The van der Waals surface area contributed by atoms with Gasteiger partial charge in [0.15, 0.2) is 0 Å². The lowest BCUT2D eigenvalue weighted by atomic mass is 9.99. The third-order valence-electron chi connectivity index (χ3n) is 5.60. The summed E-state index contributed by atoms with van der Waals surface area (Å²) in [6, 6.07) is 9.42. The number of ether oxygens (including phenoxy) is 1. The maximum absolute atomic E-state index is 5.26. The molecule has 0 bridgehead atoms. The van der Waals surface area contributed by atoms with Gasteiger partial charge in [0.1, 0.15) is 5.75 Å². The van der Waals surface area contributed by atoms with Crippen molar-refractivity contribution >= 4 is 0 Å². The molecule has 1 N–H and O–H groups in total. The Hall–Kier alpha value is -1.06. The number of benzene rings is 1. The molecule has 3 nitrogen and oxygen atoms in total. The molecule has 4 atom stereocenters. The van der Waals surface area contributed by atoms with Crippen LogP contribution in [0.3, 0.4) is 0 Å². The molecule has 2 aliphatic rings. The smallest absolute Gasteiger partial charge is 0.118 e. The molecule has 1 aliphatic carbocycles. The molecule has 0 spiro atoms. The third kappa shape index (κ3) is 2.95. The van der Waals surface area contributed by atoms with E-state index in [0.717, 1.165) is 17.6 Å². The fourth-order valence-corrected chi connectivity index (χ4v) is 4.31. The fourth-order valence-electron chi connectivity index (χ4n) is 4.31. The van der Waals surface area contributed by atoms with Crippen molar-refractivity contribution in [1.29, 1.82) is 0 Å². The molecule has 0 radical (unpaired) electrons. The zero-order valence-corrected chi connectivity index (χ0v) is 13.5. The highest BCUT2D eigenvalue weighted by molar-refractivity contribution is 5.30. The van der Waals surface area contributed by atoms with Crippen molar-refractivity contribution < 1.29 is 4.74 Å². The van der Waals surface area contributed by atoms with Gasteiger partial charge >= 0.3 is 0 Å². The van der Waals surface area contributed by atoms with Crippen LogP contribution in [0.1, 0.15) is 37.8 Å². The SMILES string of the molecule is CNC(c1ccc(OC)cc1)C(C)N1CC2CCCC2C1. The Labute approximate surface area is 128 Å². The van der Waals surface area contributed by atoms with Gasteiger partial charge in [-0.15, -0.1) is 0 Å². The number of likely N-dealkylation sites (N-methyl/N-ethyl adjacent to an activating group) is 1. The van der Waals surface area contributed by atoms with E-state index in [1.165, 1.54) is 37.9 Å². The molecule has 1 saturated heterocycles. The van der Waals surface area contributed by atoms with Gasteiger partial charge in [0.25, 0.3) is 0 Å². The Balaban J connectivity index is 1.70. The molecule has 1 aliphatic heterocycles. The first-order chi connectivity index (χ1) is 10.2. The summed E-state index contributed by atoms with van der Waals surface area (Å²) in [5, 5.41) is 3.52. The summed E-state index contributed by atoms with van der Waals surface area (Å²) in [4.78, 5) is 2.69. The minimum Gasteiger partial charge on any atom is -0.497 e. The van der Waals surface area contributed by atoms with Gasteiger partial charge < -0.3 is 10.1 Å². The number of nitrogens with zero attached hydrogens (tertiary/aromatic N) is 1. The first-order valence-corrected chi connectivity index (χ1v) is 8.28. The summed E-state index contributed by atoms with van der Waals surface area (Å²) in [6.45, 7) is 4.95. The monoisotopic (exact) mass is 288 g/mol. The first kappa shape index (κ1) is 14.9. The Morgan fingerprint density at radius 3 is 2.29 bits per heavy atom. The summed E-state index contributed by atoms with van der Waals surface area (Å²) in [6.07, 6.45) is 4.34. The van der Waals surface area contributed by atoms with Gasteiger partial charge in [-0.2, -0.15) is 0 Å². The normalized spacial score (nSPS) is 28.3. The third-order valence-corrected chi connectivity index (χ3v) is 5.60. The molecule has 1 aromatic rings. The van der Waals surface area contributed by atoms with Crippen molar-refractivity contribution in [3.8, 4) is 5.75 Å². The summed E-state index contributed by atoms with van der Waals surface area (Å²) in [7, 11) is 3.79. The lowest BCUT2D eigenvalue weighted by Crippen LogP contribution is -2.41. The Bertz CT molecular complexity index is 447. The van der Waals surface area contributed by atoms with E-state index in [2.05, 4.69) is 48.5 Å². The largest absolute Gasteiger partial charge is 0.497 e. The van der Waals surface area contributed by atoms with Crippen LogP contribution in [0.25, 0.3) is 0 Å². The van der Waals surface area contributed by atoms with E-state index in [-0.39, 0.29) is 0 Å². The predicted octanol–water partition coefficient (Wildman–Crippen LogP) is 3.08. The highest BCUT2D eigenvalue weighted by Crippen LogP contribution is 2.39. The minimum atomic E-state index is 0.384. The number of rotatable bonds is 5. The van der Waals surface area contributed by atoms with Crippen LogP contribution in [0.4, 0.5) is 0 Å². The van der Waals surface area contributed by atoms with Gasteiger partial charge in [0, 0.05) is 25.2 Å². The number of hydrogen-bond donors (Lipinski definition) is 1. The van der Waals surface area contributed by atoms with Crippen molar-refractivity contribution in [2.45, 2.75) is 38.3 Å². The van der Waals surface area contributed by atoms with Crippen LogP contribution in [0.5, 0.6) is 5.75 Å². The maximum Gasteiger partial charge on any atom is 0.118 e. The number of hydrogen-bond acceptors (Lipinski definition) is 3. The van der Waals surface area contributed by atoms with Gasteiger partial charge in [0.2, 0.25) is 0 Å². The van der Waals surface area contributed by atoms with E-state index in [4.69, 9.17) is 4.74 Å². The van der Waals surface area contributed by atoms with Crippen molar-refractivity contribution in [2.24, 2.45) is 11.8 Å². The quantitative estimate of drug-likeness (QED) is 0.901. The van der Waals surface area contributed by atoms with Crippen LogP contribution >= 0.6 is 0 Å². The Morgan fingerprint density at radius 1 is 1.14 bits per heavy atom. The molecular weight excluding hydrogens is 260 g/mol. The molecule has 1 aromatic carbocycles. The van der Waals surface area contributed by atoms with Crippen LogP contribution in [0.2, 0.25) is 0 Å². The first-order valence-electron chi connectivity index (χ1n) is 8.28. The molecule has 21 heavy (non-hydrogen) atoms. The van der Waals surface area contributed by atoms with E-state index < -0.39 is 0 Å². The Kier molecular flexibility index (Phi) is 4.51. The topological polar surface area (TPSA) is 24.5 Å². The second kappa shape index (κ2) is 6.37. The van der Waals surface area contributed by atoms with Crippen molar-refractivity contribution in [3.05, 3.63) is 29.8 Å². The van der Waals surface area contributed by atoms with E-state index in [9.17, 15) is 0 Å². The molecule has 2 fully saturated rings. The van der Waals surface area contributed by atoms with E-state index in [0.29, 0.717) is 12.1 Å². The van der Waals surface area contributed by atoms with Crippen LogP contribution in [0.15, 0.2) is 24.3 Å². The molecule has 116 valence electrons. The summed E-state index contributed by atoms with van der Waals surface area (Å²) in [5.74, 6) is 2.85. The molecule has 3 rings (SSSR count). The molecule has 1 heterocycles. The second-order valence-corrected chi connectivity index (χ2v) is 6.69. The zero-order valence-electron chi connectivity index (χ0n) is 13.5. The van der Waals surface area contributed by atoms with Crippen LogP contribution in [-0.4, -0.2) is 38.2 Å². The minimum absolute atomic E-state index is 0.384. The van der Waals surface area contributed by atoms with Crippen molar-refractivity contribution in [1.82, 2.24) is 10.2 Å². The molecule has 3 heteroatoms. The molecule has 4 unspecified atom stereocenters. The van der Waals surface area contributed by atoms with Gasteiger partial charge in [0.05, 0.1) is 7.11 Å². The Morgan fingerprint density at radius 2 is 1.76 bits per heavy atom. The van der Waals surface area contributed by atoms with E-state index >= 15 is 0 Å². The lowest BCUT2D eigenvalue weighted by molar-refractivity contribution is 0.197. The number of methoxy groups -OCH3 is 1. The van der Waals surface area contributed by atoms with E-state index in [1.54, 1.807) is 7.11 Å². The van der Waals surface area contributed by atoms with E-state index in [1.807, 2.05) is 0 Å². The summed E-state index contributed by atoms with van der Waals surface area (Å²) < 4.78 is 5.26.